The summed E-state index contributed by atoms with van der Waals surface area (Å²) in [5, 5.41) is 13.1. The van der Waals surface area contributed by atoms with E-state index in [1.165, 1.54) is 11.3 Å². The van der Waals surface area contributed by atoms with Gasteiger partial charge >= 0.3 is 0 Å². The van der Waals surface area contributed by atoms with Gasteiger partial charge < -0.3 is 14.8 Å². The van der Waals surface area contributed by atoms with Crippen molar-refractivity contribution in [3.05, 3.63) is 83.3 Å². The Labute approximate surface area is 199 Å². The fraction of sp³-hybridized carbons (Fsp3) is 0.167. The molecule has 172 valence electrons. The minimum atomic E-state index is -0.197. The van der Waals surface area contributed by atoms with Crippen molar-refractivity contribution in [2.45, 2.75) is 13.1 Å². The molecule has 0 spiro atoms. The van der Waals surface area contributed by atoms with E-state index in [1.807, 2.05) is 65.3 Å². The molecule has 3 aromatic heterocycles. The molecule has 0 radical (unpaired) electrons. The third-order valence-electron chi connectivity index (χ3n) is 5.32. The first-order valence-electron chi connectivity index (χ1n) is 10.5. The fourth-order valence-corrected chi connectivity index (χ4v) is 4.47. The van der Waals surface area contributed by atoms with Crippen molar-refractivity contribution >= 4 is 22.2 Å². The standard InChI is InChI=1S/C24H22N6O3S/c1-32-21-9-8-16(10-22(21)33-2)12-29-13-18(27-28-29)11-25-23(31)20-15-34-24-26-19(14-30(20)24)17-6-4-3-5-7-17/h3-10,13-15H,11-12H2,1-2H3,(H,25,31). The molecule has 10 heteroatoms. The van der Waals surface area contributed by atoms with Gasteiger partial charge in [-0.2, -0.15) is 0 Å². The van der Waals surface area contributed by atoms with Crippen LogP contribution in [0.5, 0.6) is 11.5 Å². The van der Waals surface area contributed by atoms with Gasteiger partial charge in [-0.1, -0.05) is 41.6 Å². The molecule has 0 bridgehead atoms. The average molecular weight is 475 g/mol. The van der Waals surface area contributed by atoms with Crippen LogP contribution in [0.3, 0.4) is 0 Å². The molecule has 3 heterocycles. The van der Waals surface area contributed by atoms with Crippen LogP contribution in [0, 0.1) is 0 Å². The number of hydrogen-bond acceptors (Lipinski definition) is 7. The molecular weight excluding hydrogens is 452 g/mol. The highest BCUT2D eigenvalue weighted by Gasteiger charge is 2.16. The number of methoxy groups -OCH3 is 2. The van der Waals surface area contributed by atoms with Crippen LogP contribution < -0.4 is 14.8 Å². The minimum Gasteiger partial charge on any atom is -0.493 e. The lowest BCUT2D eigenvalue weighted by atomic mass is 10.2. The molecule has 0 aliphatic heterocycles. The van der Waals surface area contributed by atoms with Gasteiger partial charge in [-0.05, 0) is 17.7 Å². The van der Waals surface area contributed by atoms with Crippen molar-refractivity contribution in [1.29, 1.82) is 0 Å². The van der Waals surface area contributed by atoms with E-state index in [0.29, 0.717) is 29.4 Å². The molecule has 0 saturated heterocycles. The summed E-state index contributed by atoms with van der Waals surface area (Å²) in [6, 6.07) is 15.6. The number of rotatable bonds is 8. The number of carbonyl (C=O) groups excluding carboxylic acids is 1. The smallest absolute Gasteiger partial charge is 0.269 e. The maximum atomic E-state index is 12.8. The molecule has 2 aromatic carbocycles. The van der Waals surface area contributed by atoms with Crippen molar-refractivity contribution in [3.63, 3.8) is 0 Å². The molecule has 9 nitrogen and oxygen atoms in total. The van der Waals surface area contributed by atoms with Gasteiger partial charge in [-0.25, -0.2) is 9.67 Å². The highest BCUT2D eigenvalue weighted by atomic mass is 32.1. The van der Waals surface area contributed by atoms with Crippen LogP contribution in [-0.2, 0) is 13.1 Å². The maximum Gasteiger partial charge on any atom is 0.269 e. The number of aromatic nitrogens is 5. The van der Waals surface area contributed by atoms with Crippen LogP contribution >= 0.6 is 11.3 Å². The van der Waals surface area contributed by atoms with Crippen LogP contribution in [-0.4, -0.2) is 44.5 Å². The molecule has 0 unspecified atom stereocenters. The molecule has 5 rings (SSSR count). The SMILES string of the molecule is COc1ccc(Cn2cc(CNC(=O)c3csc4nc(-c5ccccc5)cn34)nn2)cc1OC. The molecule has 1 amide bonds. The lowest BCUT2D eigenvalue weighted by molar-refractivity contribution is 0.0945. The monoisotopic (exact) mass is 474 g/mol. The Morgan fingerprint density at radius 1 is 1.06 bits per heavy atom. The molecule has 5 aromatic rings. The van der Waals surface area contributed by atoms with Crippen LogP contribution in [0.4, 0.5) is 0 Å². The molecule has 34 heavy (non-hydrogen) atoms. The van der Waals surface area contributed by atoms with Crippen LogP contribution in [0.2, 0.25) is 0 Å². The summed E-state index contributed by atoms with van der Waals surface area (Å²) in [6.45, 7) is 0.784. The number of thiazole rings is 1. The number of ether oxygens (including phenoxy) is 2. The van der Waals surface area contributed by atoms with Crippen LogP contribution in [0.25, 0.3) is 16.2 Å². The van der Waals surface area contributed by atoms with Crippen LogP contribution in [0.15, 0.2) is 66.3 Å². The van der Waals surface area contributed by atoms with E-state index in [2.05, 4.69) is 20.6 Å². The van der Waals surface area contributed by atoms with Crippen molar-refractivity contribution in [3.8, 4) is 22.8 Å². The van der Waals surface area contributed by atoms with E-state index in [1.54, 1.807) is 24.3 Å². The Hall–Kier alpha value is -4.18. The zero-order valence-electron chi connectivity index (χ0n) is 18.6. The zero-order valence-corrected chi connectivity index (χ0v) is 19.5. The highest BCUT2D eigenvalue weighted by Crippen LogP contribution is 2.28. The second-order valence-electron chi connectivity index (χ2n) is 7.55. The second kappa shape index (κ2) is 9.36. The average Bonchev–Trinajstić information content (AvgIpc) is 3.59. The summed E-state index contributed by atoms with van der Waals surface area (Å²) in [4.78, 5) is 18.2. The summed E-state index contributed by atoms with van der Waals surface area (Å²) in [6.07, 6.45) is 3.69. The lowest BCUT2D eigenvalue weighted by Gasteiger charge is -2.09. The number of fused-ring (bicyclic) bond motifs is 1. The third kappa shape index (κ3) is 4.35. The largest absolute Gasteiger partial charge is 0.493 e. The second-order valence-corrected chi connectivity index (χ2v) is 8.38. The molecule has 0 aliphatic carbocycles. The molecule has 0 fully saturated rings. The van der Waals surface area contributed by atoms with E-state index < -0.39 is 0 Å². The summed E-state index contributed by atoms with van der Waals surface area (Å²) in [5.74, 6) is 1.13. The first-order valence-corrected chi connectivity index (χ1v) is 11.4. The number of imidazole rings is 1. The first kappa shape index (κ1) is 21.7. The fourth-order valence-electron chi connectivity index (χ4n) is 3.62. The number of nitrogens with one attached hydrogen (secondary N) is 1. The van der Waals surface area contributed by atoms with Gasteiger partial charge in [-0.15, -0.1) is 16.4 Å². The molecule has 0 atom stereocenters. The van der Waals surface area contributed by atoms with Gasteiger partial charge in [0.2, 0.25) is 0 Å². The number of hydrogen-bond donors (Lipinski definition) is 1. The molecular formula is C24H22N6O3S. The van der Waals surface area contributed by atoms with E-state index >= 15 is 0 Å². The predicted molar refractivity (Wildman–Crippen MR) is 128 cm³/mol. The quantitative estimate of drug-likeness (QED) is 0.369. The minimum absolute atomic E-state index is 0.197. The Balaban J connectivity index is 1.24. The van der Waals surface area contributed by atoms with Gasteiger partial charge in [0.15, 0.2) is 16.5 Å². The Kier molecular flexibility index (Phi) is 5.96. The molecule has 1 N–H and O–H groups in total. The van der Waals surface area contributed by atoms with E-state index in [9.17, 15) is 4.79 Å². The summed E-state index contributed by atoms with van der Waals surface area (Å²) < 4.78 is 14.2. The Bertz CT molecular complexity index is 1440. The van der Waals surface area contributed by atoms with Gasteiger partial charge in [-0.3, -0.25) is 9.20 Å². The van der Waals surface area contributed by atoms with E-state index in [0.717, 1.165) is 21.8 Å². The zero-order chi connectivity index (χ0) is 23.5. The van der Waals surface area contributed by atoms with Crippen molar-refractivity contribution in [1.82, 2.24) is 29.7 Å². The predicted octanol–water partition coefficient (Wildman–Crippen LogP) is 3.65. The summed E-state index contributed by atoms with van der Waals surface area (Å²) >= 11 is 1.43. The van der Waals surface area contributed by atoms with Crippen molar-refractivity contribution in [2.75, 3.05) is 14.2 Å². The van der Waals surface area contributed by atoms with Gasteiger partial charge in [0, 0.05) is 17.1 Å². The summed E-state index contributed by atoms with van der Waals surface area (Å²) in [5.41, 5.74) is 4.03. The maximum absolute atomic E-state index is 12.8. The summed E-state index contributed by atoms with van der Waals surface area (Å²) in [7, 11) is 3.21. The number of benzene rings is 2. The van der Waals surface area contributed by atoms with Crippen LogP contribution in [0.1, 0.15) is 21.7 Å². The number of carbonyl (C=O) groups is 1. The van der Waals surface area contributed by atoms with Gasteiger partial charge in [0.25, 0.3) is 5.91 Å². The van der Waals surface area contributed by atoms with Crippen molar-refractivity contribution in [2.24, 2.45) is 0 Å². The first-order chi connectivity index (χ1) is 16.6. The number of nitrogens with zero attached hydrogens (tertiary/aromatic N) is 5. The third-order valence-corrected chi connectivity index (χ3v) is 6.16. The van der Waals surface area contributed by atoms with Gasteiger partial charge in [0.1, 0.15) is 11.4 Å². The highest BCUT2D eigenvalue weighted by molar-refractivity contribution is 7.15. The lowest BCUT2D eigenvalue weighted by Crippen LogP contribution is -2.24. The Morgan fingerprint density at radius 3 is 2.68 bits per heavy atom. The van der Waals surface area contributed by atoms with E-state index in [4.69, 9.17) is 9.47 Å². The molecule has 0 saturated carbocycles. The topological polar surface area (TPSA) is 95.6 Å². The normalized spacial score (nSPS) is 11.0. The Morgan fingerprint density at radius 2 is 1.88 bits per heavy atom. The van der Waals surface area contributed by atoms with Gasteiger partial charge in [0.05, 0.1) is 39.2 Å². The van der Waals surface area contributed by atoms with Crippen molar-refractivity contribution < 1.29 is 14.3 Å². The molecule has 0 aliphatic rings. The number of amides is 1. The van der Waals surface area contributed by atoms with E-state index in [-0.39, 0.29) is 12.5 Å².